The molecule has 1 aromatic carbocycles. The summed E-state index contributed by atoms with van der Waals surface area (Å²) < 4.78 is 5.21. The second-order valence-electron chi connectivity index (χ2n) is 5.11. The van der Waals surface area contributed by atoms with Crippen LogP contribution in [0, 0.1) is 6.92 Å². The van der Waals surface area contributed by atoms with Gasteiger partial charge in [-0.1, -0.05) is 35.0 Å². The molecule has 6 heteroatoms. The Bertz CT molecular complexity index is 663. The normalized spacial score (nSPS) is 17.9. The quantitative estimate of drug-likeness (QED) is 0.914. The molecule has 110 valence electrons. The van der Waals surface area contributed by atoms with Crippen LogP contribution in [-0.2, 0) is 0 Å². The van der Waals surface area contributed by atoms with Gasteiger partial charge in [-0.3, -0.25) is 4.79 Å². The average molecular weight is 306 g/mol. The van der Waals surface area contributed by atoms with Crippen LogP contribution in [0.2, 0.25) is 5.02 Å². The van der Waals surface area contributed by atoms with Crippen LogP contribution in [0.15, 0.2) is 28.8 Å². The fraction of sp³-hybridized carbons (Fsp3) is 0.333. The molecule has 1 unspecified atom stereocenters. The Morgan fingerprint density at radius 1 is 1.48 bits per heavy atom. The Labute approximate surface area is 127 Å². The van der Waals surface area contributed by atoms with Crippen molar-refractivity contribution in [3.05, 3.63) is 40.6 Å². The molecule has 21 heavy (non-hydrogen) atoms. The van der Waals surface area contributed by atoms with Gasteiger partial charge >= 0.3 is 0 Å². The molecule has 2 heterocycles. The van der Waals surface area contributed by atoms with Crippen LogP contribution in [0.1, 0.15) is 22.5 Å². The Balaban J connectivity index is 1.93. The largest absolute Gasteiger partial charge is 0.360 e. The van der Waals surface area contributed by atoms with E-state index in [2.05, 4.69) is 15.8 Å². The van der Waals surface area contributed by atoms with E-state index in [1.165, 1.54) is 0 Å². The lowest BCUT2D eigenvalue weighted by atomic mass is 10.1. The summed E-state index contributed by atoms with van der Waals surface area (Å²) in [6.45, 7) is 3.44. The molecule has 1 amide bonds. The highest BCUT2D eigenvalue weighted by molar-refractivity contribution is 6.33. The van der Waals surface area contributed by atoms with Gasteiger partial charge in [0.1, 0.15) is 17.0 Å². The number of benzene rings is 1. The molecule has 2 N–H and O–H groups in total. The monoisotopic (exact) mass is 305 g/mol. The molecular weight excluding hydrogens is 290 g/mol. The minimum atomic E-state index is -0.169. The van der Waals surface area contributed by atoms with Gasteiger partial charge < -0.3 is 15.2 Å². The zero-order chi connectivity index (χ0) is 14.8. The summed E-state index contributed by atoms with van der Waals surface area (Å²) in [4.78, 5) is 12.5. The summed E-state index contributed by atoms with van der Waals surface area (Å²) in [5.41, 5.74) is 1.64. The highest BCUT2D eigenvalue weighted by Gasteiger charge is 2.25. The van der Waals surface area contributed by atoms with Crippen molar-refractivity contribution >= 4 is 17.5 Å². The number of aromatic nitrogens is 1. The van der Waals surface area contributed by atoms with Crippen molar-refractivity contribution in [2.45, 2.75) is 19.4 Å². The summed E-state index contributed by atoms with van der Waals surface area (Å²) in [7, 11) is 0. The standard InChI is InChI=1S/C15H16ClN3O2/c1-9-13(15(20)18-10-6-7-17-8-10)14(19-21-9)11-4-2-3-5-12(11)16/h2-5,10,17H,6-8H2,1H3,(H,18,20). The number of aryl methyl sites for hydroxylation is 1. The lowest BCUT2D eigenvalue weighted by Gasteiger charge is -2.11. The summed E-state index contributed by atoms with van der Waals surface area (Å²) in [6.07, 6.45) is 0.928. The van der Waals surface area contributed by atoms with Crippen molar-refractivity contribution in [2.75, 3.05) is 13.1 Å². The molecule has 0 spiro atoms. The van der Waals surface area contributed by atoms with Crippen LogP contribution in [0.3, 0.4) is 0 Å². The summed E-state index contributed by atoms with van der Waals surface area (Å²) in [5, 5.41) is 10.8. The highest BCUT2D eigenvalue weighted by atomic mass is 35.5. The molecule has 2 aromatic rings. The Kier molecular flexibility index (Phi) is 3.94. The van der Waals surface area contributed by atoms with Gasteiger partial charge in [0, 0.05) is 18.2 Å². The van der Waals surface area contributed by atoms with Gasteiger partial charge in [0.15, 0.2) is 0 Å². The summed E-state index contributed by atoms with van der Waals surface area (Å²) in [6, 6.07) is 7.43. The molecule has 0 saturated carbocycles. The first-order valence-corrected chi connectivity index (χ1v) is 7.27. The molecular formula is C15H16ClN3O2. The number of carbonyl (C=O) groups excluding carboxylic acids is 1. The van der Waals surface area contributed by atoms with E-state index in [4.69, 9.17) is 16.1 Å². The van der Waals surface area contributed by atoms with Gasteiger partial charge in [0.05, 0.1) is 5.02 Å². The van der Waals surface area contributed by atoms with Crippen LogP contribution in [0.25, 0.3) is 11.3 Å². The maximum absolute atomic E-state index is 12.5. The number of nitrogens with one attached hydrogen (secondary N) is 2. The lowest BCUT2D eigenvalue weighted by Crippen LogP contribution is -2.36. The maximum Gasteiger partial charge on any atom is 0.257 e. The Hall–Kier alpha value is -1.85. The van der Waals surface area contributed by atoms with Crippen molar-refractivity contribution in [1.82, 2.24) is 15.8 Å². The fourth-order valence-electron chi connectivity index (χ4n) is 2.51. The predicted molar refractivity (Wildman–Crippen MR) is 80.4 cm³/mol. The number of amides is 1. The SMILES string of the molecule is Cc1onc(-c2ccccc2Cl)c1C(=O)NC1CCNC1. The zero-order valence-corrected chi connectivity index (χ0v) is 12.4. The molecule has 1 aliphatic rings. The first kappa shape index (κ1) is 14.1. The lowest BCUT2D eigenvalue weighted by molar-refractivity contribution is 0.0939. The van der Waals surface area contributed by atoms with Gasteiger partial charge in [0.2, 0.25) is 0 Å². The molecule has 0 bridgehead atoms. The predicted octanol–water partition coefficient (Wildman–Crippen LogP) is 2.40. The van der Waals surface area contributed by atoms with E-state index in [9.17, 15) is 4.79 Å². The van der Waals surface area contributed by atoms with Crippen molar-refractivity contribution in [3.8, 4) is 11.3 Å². The van der Waals surface area contributed by atoms with E-state index in [-0.39, 0.29) is 11.9 Å². The van der Waals surface area contributed by atoms with E-state index in [1.54, 1.807) is 13.0 Å². The second kappa shape index (κ2) is 5.87. The van der Waals surface area contributed by atoms with E-state index in [0.29, 0.717) is 27.6 Å². The number of halogens is 1. The third-order valence-corrected chi connectivity index (χ3v) is 3.94. The number of carbonyl (C=O) groups is 1. The summed E-state index contributed by atoms with van der Waals surface area (Å²) >= 11 is 6.19. The van der Waals surface area contributed by atoms with Gasteiger partial charge in [0.25, 0.3) is 5.91 Å². The third kappa shape index (κ3) is 2.80. The number of hydrogen-bond acceptors (Lipinski definition) is 4. The second-order valence-corrected chi connectivity index (χ2v) is 5.51. The summed E-state index contributed by atoms with van der Waals surface area (Å²) in [5.74, 6) is 0.325. The first-order chi connectivity index (χ1) is 10.2. The van der Waals surface area contributed by atoms with Gasteiger partial charge in [-0.2, -0.15) is 0 Å². The van der Waals surface area contributed by atoms with Gasteiger partial charge in [-0.25, -0.2) is 0 Å². The van der Waals surface area contributed by atoms with Crippen molar-refractivity contribution in [1.29, 1.82) is 0 Å². The van der Waals surface area contributed by atoms with Crippen LogP contribution in [-0.4, -0.2) is 30.2 Å². The smallest absolute Gasteiger partial charge is 0.257 e. The fourth-order valence-corrected chi connectivity index (χ4v) is 2.74. The Morgan fingerprint density at radius 3 is 3.00 bits per heavy atom. The first-order valence-electron chi connectivity index (χ1n) is 6.89. The van der Waals surface area contributed by atoms with Crippen molar-refractivity contribution < 1.29 is 9.32 Å². The number of hydrogen-bond donors (Lipinski definition) is 2. The van der Waals surface area contributed by atoms with E-state index < -0.39 is 0 Å². The molecule has 5 nitrogen and oxygen atoms in total. The van der Waals surface area contributed by atoms with Crippen LogP contribution < -0.4 is 10.6 Å². The molecule has 0 radical (unpaired) electrons. The highest BCUT2D eigenvalue weighted by Crippen LogP contribution is 2.30. The number of nitrogens with zero attached hydrogens (tertiary/aromatic N) is 1. The maximum atomic E-state index is 12.5. The van der Waals surface area contributed by atoms with E-state index in [1.807, 2.05) is 18.2 Å². The number of rotatable bonds is 3. The van der Waals surface area contributed by atoms with Crippen molar-refractivity contribution in [2.24, 2.45) is 0 Å². The molecule has 1 aliphatic heterocycles. The molecule has 3 rings (SSSR count). The van der Waals surface area contributed by atoms with Crippen LogP contribution >= 0.6 is 11.6 Å². The van der Waals surface area contributed by atoms with E-state index >= 15 is 0 Å². The minimum absolute atomic E-state index is 0.144. The topological polar surface area (TPSA) is 67.2 Å². The average Bonchev–Trinajstić information content (AvgIpc) is 3.09. The molecule has 0 aliphatic carbocycles. The zero-order valence-electron chi connectivity index (χ0n) is 11.6. The minimum Gasteiger partial charge on any atom is -0.360 e. The van der Waals surface area contributed by atoms with E-state index in [0.717, 1.165) is 19.5 Å². The molecule has 1 fully saturated rings. The third-order valence-electron chi connectivity index (χ3n) is 3.61. The van der Waals surface area contributed by atoms with Crippen LogP contribution in [0.5, 0.6) is 0 Å². The Morgan fingerprint density at radius 2 is 2.29 bits per heavy atom. The molecule has 1 saturated heterocycles. The van der Waals surface area contributed by atoms with Crippen LogP contribution in [0.4, 0.5) is 0 Å². The molecule has 1 atom stereocenters. The van der Waals surface area contributed by atoms with Gasteiger partial charge in [-0.05, 0) is 26.0 Å². The van der Waals surface area contributed by atoms with Crippen molar-refractivity contribution in [3.63, 3.8) is 0 Å². The molecule has 1 aromatic heterocycles. The van der Waals surface area contributed by atoms with Gasteiger partial charge in [-0.15, -0.1) is 0 Å².